The highest BCUT2D eigenvalue weighted by Crippen LogP contribution is 2.26. The molecule has 29 heavy (non-hydrogen) atoms. The van der Waals surface area contributed by atoms with Crippen molar-refractivity contribution in [2.45, 2.75) is 25.5 Å². The smallest absolute Gasteiger partial charge is 0.234 e. The van der Waals surface area contributed by atoms with Crippen LogP contribution in [-0.2, 0) is 11.3 Å². The third kappa shape index (κ3) is 4.60. The molecule has 1 amide bonds. The van der Waals surface area contributed by atoms with Crippen LogP contribution in [0.15, 0.2) is 69.0 Å². The molecule has 0 atom stereocenters. The standard InChI is InChI=1S/C21H20N4O3S/c1-14-9-15(2)11-16(10-14)22-19(26)13-29-21-24-23-20(18-6-4-8-28-18)25(21)12-17-5-3-7-27-17/h3-11H,12-13H2,1-2H3,(H,22,26). The first kappa shape index (κ1) is 19.1. The third-order valence-corrected chi connectivity index (χ3v) is 5.16. The summed E-state index contributed by atoms with van der Waals surface area (Å²) < 4.78 is 12.8. The molecule has 0 aliphatic rings. The number of furan rings is 2. The van der Waals surface area contributed by atoms with E-state index < -0.39 is 0 Å². The van der Waals surface area contributed by atoms with Crippen molar-refractivity contribution in [3.8, 4) is 11.6 Å². The summed E-state index contributed by atoms with van der Waals surface area (Å²) in [6.07, 6.45) is 3.21. The lowest BCUT2D eigenvalue weighted by Crippen LogP contribution is -2.15. The highest BCUT2D eigenvalue weighted by Gasteiger charge is 2.18. The van der Waals surface area contributed by atoms with E-state index in [9.17, 15) is 4.79 Å². The molecule has 0 aliphatic carbocycles. The summed E-state index contributed by atoms with van der Waals surface area (Å²) in [5.41, 5.74) is 3.00. The van der Waals surface area contributed by atoms with Crippen molar-refractivity contribution in [3.63, 3.8) is 0 Å². The van der Waals surface area contributed by atoms with Gasteiger partial charge in [0.2, 0.25) is 11.7 Å². The first-order chi connectivity index (χ1) is 14.1. The number of nitrogens with one attached hydrogen (secondary N) is 1. The summed E-state index contributed by atoms with van der Waals surface area (Å²) in [4.78, 5) is 12.4. The summed E-state index contributed by atoms with van der Waals surface area (Å²) in [5.74, 6) is 2.06. The Labute approximate surface area is 172 Å². The van der Waals surface area contributed by atoms with Crippen LogP contribution >= 0.6 is 11.8 Å². The van der Waals surface area contributed by atoms with Gasteiger partial charge in [-0.3, -0.25) is 9.36 Å². The van der Waals surface area contributed by atoms with Crippen molar-refractivity contribution in [3.05, 3.63) is 71.9 Å². The van der Waals surface area contributed by atoms with Crippen LogP contribution < -0.4 is 5.32 Å². The topological polar surface area (TPSA) is 86.1 Å². The van der Waals surface area contributed by atoms with E-state index in [2.05, 4.69) is 21.6 Å². The zero-order valence-corrected chi connectivity index (χ0v) is 16.9. The van der Waals surface area contributed by atoms with Crippen molar-refractivity contribution in [1.29, 1.82) is 0 Å². The summed E-state index contributed by atoms with van der Waals surface area (Å²) in [6.45, 7) is 4.45. The normalized spacial score (nSPS) is 11.0. The SMILES string of the molecule is Cc1cc(C)cc(NC(=O)CSc2nnc(-c3ccco3)n2Cc2ccco2)c1. The molecule has 0 bridgehead atoms. The van der Waals surface area contributed by atoms with Crippen LogP contribution in [0, 0.1) is 13.8 Å². The number of hydrogen-bond donors (Lipinski definition) is 1. The number of rotatable bonds is 7. The fourth-order valence-electron chi connectivity index (χ4n) is 3.06. The number of amides is 1. The molecule has 0 saturated heterocycles. The van der Waals surface area contributed by atoms with Crippen LogP contribution in [0.1, 0.15) is 16.9 Å². The Kier molecular flexibility index (Phi) is 5.53. The fraction of sp³-hybridized carbons (Fsp3) is 0.190. The molecule has 0 spiro atoms. The summed E-state index contributed by atoms with van der Waals surface area (Å²) >= 11 is 1.32. The molecule has 0 unspecified atom stereocenters. The van der Waals surface area contributed by atoms with E-state index in [1.165, 1.54) is 11.8 Å². The average Bonchev–Trinajstić information content (AvgIpc) is 3.42. The molecule has 148 valence electrons. The predicted octanol–water partition coefficient (Wildman–Crippen LogP) is 4.53. The van der Waals surface area contributed by atoms with Gasteiger partial charge in [-0.25, -0.2) is 0 Å². The maximum absolute atomic E-state index is 12.4. The van der Waals surface area contributed by atoms with E-state index in [1.54, 1.807) is 18.6 Å². The number of carbonyl (C=O) groups excluding carboxylic acids is 1. The molecule has 7 nitrogen and oxygen atoms in total. The Bertz CT molecular complexity index is 1080. The van der Waals surface area contributed by atoms with E-state index in [-0.39, 0.29) is 11.7 Å². The second kappa shape index (κ2) is 8.40. The predicted molar refractivity (Wildman–Crippen MR) is 111 cm³/mol. The lowest BCUT2D eigenvalue weighted by Gasteiger charge is -2.09. The van der Waals surface area contributed by atoms with Gasteiger partial charge >= 0.3 is 0 Å². The number of benzene rings is 1. The summed E-state index contributed by atoms with van der Waals surface area (Å²) in [5, 5.41) is 12.1. The van der Waals surface area contributed by atoms with Gasteiger partial charge in [-0.1, -0.05) is 17.8 Å². The van der Waals surface area contributed by atoms with E-state index in [0.717, 1.165) is 22.6 Å². The zero-order valence-electron chi connectivity index (χ0n) is 16.1. The molecule has 8 heteroatoms. The Balaban J connectivity index is 1.50. The van der Waals surface area contributed by atoms with Crippen molar-refractivity contribution in [2.75, 3.05) is 11.1 Å². The summed E-state index contributed by atoms with van der Waals surface area (Å²) in [6, 6.07) is 13.3. The third-order valence-electron chi connectivity index (χ3n) is 4.19. The largest absolute Gasteiger partial charge is 0.467 e. The van der Waals surface area contributed by atoms with Crippen molar-refractivity contribution < 1.29 is 13.6 Å². The first-order valence-corrected chi connectivity index (χ1v) is 10.1. The Morgan fingerprint density at radius 3 is 2.52 bits per heavy atom. The number of anilines is 1. The van der Waals surface area contributed by atoms with Crippen LogP contribution in [0.4, 0.5) is 5.69 Å². The van der Waals surface area contributed by atoms with Crippen LogP contribution in [0.25, 0.3) is 11.6 Å². The number of thioether (sulfide) groups is 1. The van der Waals surface area contributed by atoms with E-state index in [0.29, 0.717) is 23.3 Å². The monoisotopic (exact) mass is 408 g/mol. The molecule has 4 aromatic rings. The van der Waals surface area contributed by atoms with Gasteiger partial charge in [-0.15, -0.1) is 10.2 Å². The number of hydrogen-bond acceptors (Lipinski definition) is 6. The fourth-order valence-corrected chi connectivity index (χ4v) is 3.80. The number of carbonyl (C=O) groups is 1. The van der Waals surface area contributed by atoms with Crippen molar-refractivity contribution in [2.24, 2.45) is 0 Å². The van der Waals surface area contributed by atoms with Gasteiger partial charge in [0.15, 0.2) is 10.9 Å². The molecule has 1 N–H and O–H groups in total. The minimum absolute atomic E-state index is 0.105. The van der Waals surface area contributed by atoms with E-state index >= 15 is 0 Å². The van der Waals surface area contributed by atoms with Gasteiger partial charge in [0.05, 0.1) is 24.8 Å². The molecule has 3 aromatic heterocycles. The second-order valence-electron chi connectivity index (χ2n) is 6.66. The molecule has 0 aliphatic heterocycles. The van der Waals surface area contributed by atoms with Gasteiger partial charge in [0, 0.05) is 5.69 Å². The lowest BCUT2D eigenvalue weighted by atomic mass is 10.1. The quantitative estimate of drug-likeness (QED) is 0.452. The van der Waals surface area contributed by atoms with Crippen LogP contribution in [0.3, 0.4) is 0 Å². The molecule has 0 radical (unpaired) electrons. The molecule has 0 fully saturated rings. The molecular weight excluding hydrogens is 388 g/mol. The zero-order chi connectivity index (χ0) is 20.2. The Morgan fingerprint density at radius 1 is 1.07 bits per heavy atom. The van der Waals surface area contributed by atoms with E-state index in [1.807, 2.05) is 48.7 Å². The van der Waals surface area contributed by atoms with Gasteiger partial charge in [-0.2, -0.15) is 0 Å². The van der Waals surface area contributed by atoms with Gasteiger partial charge in [0.25, 0.3) is 0 Å². The number of aromatic nitrogens is 3. The highest BCUT2D eigenvalue weighted by atomic mass is 32.2. The maximum Gasteiger partial charge on any atom is 0.234 e. The van der Waals surface area contributed by atoms with Crippen LogP contribution in [0.5, 0.6) is 0 Å². The van der Waals surface area contributed by atoms with Gasteiger partial charge in [0.1, 0.15) is 5.76 Å². The van der Waals surface area contributed by atoms with Crippen LogP contribution in [-0.4, -0.2) is 26.4 Å². The minimum atomic E-state index is -0.105. The second-order valence-corrected chi connectivity index (χ2v) is 7.60. The van der Waals surface area contributed by atoms with Crippen molar-refractivity contribution in [1.82, 2.24) is 14.8 Å². The van der Waals surface area contributed by atoms with Gasteiger partial charge < -0.3 is 14.2 Å². The van der Waals surface area contributed by atoms with Gasteiger partial charge in [-0.05, 0) is 61.4 Å². The van der Waals surface area contributed by atoms with Crippen LogP contribution in [0.2, 0.25) is 0 Å². The molecule has 3 heterocycles. The molecular formula is C21H20N4O3S. The van der Waals surface area contributed by atoms with Crippen molar-refractivity contribution >= 4 is 23.4 Å². The van der Waals surface area contributed by atoms with E-state index in [4.69, 9.17) is 8.83 Å². The Hall–Kier alpha value is -3.26. The minimum Gasteiger partial charge on any atom is -0.467 e. The lowest BCUT2D eigenvalue weighted by molar-refractivity contribution is -0.113. The Morgan fingerprint density at radius 2 is 1.83 bits per heavy atom. The highest BCUT2D eigenvalue weighted by molar-refractivity contribution is 7.99. The molecule has 0 saturated carbocycles. The first-order valence-electron chi connectivity index (χ1n) is 9.09. The molecule has 4 rings (SSSR count). The summed E-state index contributed by atoms with van der Waals surface area (Å²) in [7, 11) is 0. The maximum atomic E-state index is 12.4. The molecule has 1 aromatic carbocycles. The number of aryl methyl sites for hydroxylation is 2. The average molecular weight is 408 g/mol. The number of nitrogens with zero attached hydrogens (tertiary/aromatic N) is 3.